The number of ether oxygens (including phenoxy) is 1. The summed E-state index contributed by atoms with van der Waals surface area (Å²) >= 11 is 0. The van der Waals surface area contributed by atoms with Crippen LogP contribution in [-0.4, -0.2) is 41.7 Å². The summed E-state index contributed by atoms with van der Waals surface area (Å²) < 4.78 is 6.62. The van der Waals surface area contributed by atoms with Crippen LogP contribution < -0.4 is 0 Å². The Hall–Kier alpha value is -1.88. The van der Waals surface area contributed by atoms with Crippen LogP contribution in [0.1, 0.15) is 62.8 Å². The van der Waals surface area contributed by atoms with Crippen LogP contribution >= 0.6 is 12.4 Å². The molecule has 0 radical (unpaired) electrons. The predicted octanol–water partition coefficient (Wildman–Crippen LogP) is 5.45. The Labute approximate surface area is 186 Å². The number of aliphatic carboxylic acids is 1. The average Bonchev–Trinajstić information content (AvgIpc) is 2.71. The minimum atomic E-state index is -0.730. The fourth-order valence-electron chi connectivity index (χ4n) is 3.85. The van der Waals surface area contributed by atoms with Crippen LogP contribution in [0.25, 0.3) is 0 Å². The summed E-state index contributed by atoms with van der Waals surface area (Å²) in [5.74, 6) is -0.730. The van der Waals surface area contributed by atoms with Crippen LogP contribution in [0.4, 0.5) is 0 Å². The van der Waals surface area contributed by atoms with Crippen molar-refractivity contribution in [2.75, 3.05) is 19.6 Å². The van der Waals surface area contributed by atoms with Crippen molar-refractivity contribution in [1.29, 1.82) is 0 Å². The Balaban J connectivity index is 0.00000320. The molecule has 1 saturated heterocycles. The van der Waals surface area contributed by atoms with E-state index in [2.05, 4.69) is 74.2 Å². The van der Waals surface area contributed by atoms with E-state index in [-0.39, 0.29) is 36.5 Å². The number of likely N-dealkylation sites (tertiary alicyclic amines) is 1. The van der Waals surface area contributed by atoms with Crippen LogP contribution in [0.15, 0.2) is 54.6 Å². The zero-order valence-electron chi connectivity index (χ0n) is 18.2. The molecule has 0 saturated carbocycles. The molecule has 3 rings (SSSR count). The number of carboxylic acids is 1. The molecular weight excluding hydrogens is 398 g/mol. The fraction of sp³-hybridized carbons (Fsp3) is 0.480. The van der Waals surface area contributed by atoms with Crippen molar-refractivity contribution >= 4 is 18.4 Å². The Bertz CT molecular complexity index is 778. The topological polar surface area (TPSA) is 49.8 Å². The van der Waals surface area contributed by atoms with Crippen molar-refractivity contribution in [1.82, 2.24) is 4.90 Å². The molecule has 5 heteroatoms. The Morgan fingerprint density at radius 1 is 1.03 bits per heavy atom. The standard InChI is InChI=1S/C25H33NO3.ClH/c1-25(2,3)21-11-9-20(10-12-21)24(19-7-5-4-6-8-19)29-22-13-16-26(17-14-22)18-15-23(27)28;/h4-12,22,24H,13-18H2,1-3H3,(H,27,28);1H. The number of carbonyl (C=O) groups is 1. The maximum atomic E-state index is 10.8. The van der Waals surface area contributed by atoms with Crippen molar-refractivity contribution < 1.29 is 14.6 Å². The minimum Gasteiger partial charge on any atom is -0.481 e. The van der Waals surface area contributed by atoms with Crippen molar-refractivity contribution in [3.8, 4) is 0 Å². The molecule has 4 nitrogen and oxygen atoms in total. The second-order valence-corrected chi connectivity index (χ2v) is 8.98. The summed E-state index contributed by atoms with van der Waals surface area (Å²) in [5.41, 5.74) is 3.80. The molecule has 30 heavy (non-hydrogen) atoms. The van der Waals surface area contributed by atoms with E-state index < -0.39 is 5.97 Å². The molecular formula is C25H34ClNO3. The predicted molar refractivity (Wildman–Crippen MR) is 123 cm³/mol. The third-order valence-electron chi connectivity index (χ3n) is 5.69. The zero-order chi connectivity index (χ0) is 20.9. The molecule has 0 spiro atoms. The van der Waals surface area contributed by atoms with Gasteiger partial charge in [-0.25, -0.2) is 0 Å². The van der Waals surface area contributed by atoms with Crippen LogP contribution in [0, 0.1) is 0 Å². The summed E-state index contributed by atoms with van der Waals surface area (Å²) in [7, 11) is 0. The smallest absolute Gasteiger partial charge is 0.304 e. The number of carboxylic acid groups (broad SMARTS) is 1. The van der Waals surface area contributed by atoms with Gasteiger partial charge in [0.1, 0.15) is 6.10 Å². The lowest BCUT2D eigenvalue weighted by atomic mass is 9.86. The Morgan fingerprint density at radius 2 is 1.60 bits per heavy atom. The number of rotatable bonds is 7. The molecule has 1 atom stereocenters. The van der Waals surface area contributed by atoms with Gasteiger partial charge in [-0.1, -0.05) is 75.4 Å². The SMILES string of the molecule is CC(C)(C)c1ccc(C(OC2CCN(CCC(=O)O)CC2)c2ccccc2)cc1.Cl. The second-order valence-electron chi connectivity index (χ2n) is 8.98. The number of nitrogens with zero attached hydrogens (tertiary/aromatic N) is 1. The number of benzene rings is 2. The van der Waals surface area contributed by atoms with Gasteiger partial charge in [0.05, 0.1) is 12.5 Å². The average molecular weight is 432 g/mol. The van der Waals surface area contributed by atoms with Crippen molar-refractivity contribution in [3.63, 3.8) is 0 Å². The van der Waals surface area contributed by atoms with Gasteiger partial charge in [-0.05, 0) is 34.9 Å². The van der Waals surface area contributed by atoms with E-state index in [9.17, 15) is 4.79 Å². The van der Waals surface area contributed by atoms with Gasteiger partial charge in [-0.3, -0.25) is 4.79 Å². The van der Waals surface area contributed by atoms with Gasteiger partial charge in [-0.15, -0.1) is 12.4 Å². The van der Waals surface area contributed by atoms with Crippen LogP contribution in [0.5, 0.6) is 0 Å². The van der Waals surface area contributed by atoms with E-state index in [0.29, 0.717) is 6.54 Å². The van der Waals surface area contributed by atoms with E-state index in [1.54, 1.807) is 0 Å². The maximum absolute atomic E-state index is 10.8. The molecule has 2 aromatic carbocycles. The van der Waals surface area contributed by atoms with Gasteiger partial charge in [0.15, 0.2) is 0 Å². The summed E-state index contributed by atoms with van der Waals surface area (Å²) in [5, 5.41) is 8.89. The first-order valence-electron chi connectivity index (χ1n) is 10.6. The molecule has 0 aliphatic carbocycles. The second kappa shape index (κ2) is 10.9. The molecule has 1 aliphatic heterocycles. The van der Waals surface area contributed by atoms with E-state index in [4.69, 9.17) is 9.84 Å². The summed E-state index contributed by atoms with van der Waals surface area (Å²) in [6.45, 7) is 9.09. The third kappa shape index (κ3) is 6.83. The zero-order valence-corrected chi connectivity index (χ0v) is 19.0. The van der Waals surface area contributed by atoms with Gasteiger partial charge in [-0.2, -0.15) is 0 Å². The number of piperidine rings is 1. The van der Waals surface area contributed by atoms with E-state index in [1.165, 1.54) is 16.7 Å². The molecule has 0 bridgehead atoms. The molecule has 1 unspecified atom stereocenters. The summed E-state index contributed by atoms with van der Waals surface area (Å²) in [4.78, 5) is 13.0. The maximum Gasteiger partial charge on any atom is 0.304 e. The summed E-state index contributed by atoms with van der Waals surface area (Å²) in [6, 6.07) is 19.2. The minimum absolute atomic E-state index is 0. The molecule has 0 amide bonds. The first kappa shape index (κ1) is 24.4. The van der Waals surface area contributed by atoms with Gasteiger partial charge in [0.2, 0.25) is 0 Å². The lowest BCUT2D eigenvalue weighted by molar-refractivity contribution is -0.137. The van der Waals surface area contributed by atoms with Crippen molar-refractivity contribution in [3.05, 3.63) is 71.3 Å². The Morgan fingerprint density at radius 3 is 2.13 bits per heavy atom. The quantitative estimate of drug-likeness (QED) is 0.633. The molecule has 164 valence electrons. The largest absolute Gasteiger partial charge is 0.481 e. The monoisotopic (exact) mass is 431 g/mol. The molecule has 1 fully saturated rings. The van der Waals surface area contributed by atoms with E-state index in [0.717, 1.165) is 25.9 Å². The van der Waals surface area contributed by atoms with Crippen molar-refractivity contribution in [2.24, 2.45) is 0 Å². The highest BCUT2D eigenvalue weighted by molar-refractivity contribution is 5.85. The molecule has 0 aromatic heterocycles. The van der Waals surface area contributed by atoms with Crippen LogP contribution in [-0.2, 0) is 14.9 Å². The van der Waals surface area contributed by atoms with Crippen molar-refractivity contribution in [2.45, 2.75) is 57.7 Å². The Kier molecular flexibility index (Phi) is 8.90. The highest BCUT2D eigenvalue weighted by atomic mass is 35.5. The summed E-state index contributed by atoms with van der Waals surface area (Å²) in [6.07, 6.45) is 2.18. The normalized spacial score (nSPS) is 16.6. The third-order valence-corrected chi connectivity index (χ3v) is 5.69. The highest BCUT2D eigenvalue weighted by Gasteiger charge is 2.25. The number of hydrogen-bond acceptors (Lipinski definition) is 3. The molecule has 1 aliphatic rings. The lowest BCUT2D eigenvalue weighted by Crippen LogP contribution is -2.38. The first-order chi connectivity index (χ1) is 13.8. The number of hydrogen-bond donors (Lipinski definition) is 1. The van der Waals surface area contributed by atoms with Gasteiger partial charge < -0.3 is 14.7 Å². The van der Waals surface area contributed by atoms with E-state index >= 15 is 0 Å². The molecule has 1 N–H and O–H groups in total. The fourth-order valence-corrected chi connectivity index (χ4v) is 3.85. The van der Waals surface area contributed by atoms with E-state index in [1.807, 2.05) is 6.07 Å². The van der Waals surface area contributed by atoms with Crippen LogP contribution in [0.2, 0.25) is 0 Å². The lowest BCUT2D eigenvalue weighted by Gasteiger charge is -2.34. The molecule has 1 heterocycles. The molecule has 2 aromatic rings. The first-order valence-corrected chi connectivity index (χ1v) is 10.6. The van der Waals surface area contributed by atoms with Gasteiger partial charge in [0, 0.05) is 19.6 Å². The van der Waals surface area contributed by atoms with Gasteiger partial charge in [0.25, 0.3) is 0 Å². The number of halogens is 1. The van der Waals surface area contributed by atoms with Gasteiger partial charge >= 0.3 is 5.97 Å². The highest BCUT2D eigenvalue weighted by Crippen LogP contribution is 2.32. The van der Waals surface area contributed by atoms with Crippen LogP contribution in [0.3, 0.4) is 0 Å².